The molecule has 0 aliphatic carbocycles. The van der Waals surface area contributed by atoms with E-state index in [-0.39, 0.29) is 5.75 Å². The lowest BCUT2D eigenvalue weighted by Crippen LogP contribution is -2.16. The summed E-state index contributed by atoms with van der Waals surface area (Å²) in [5, 5.41) is 10.6. The van der Waals surface area contributed by atoms with Gasteiger partial charge in [0.05, 0.1) is 5.75 Å². The Hall–Kier alpha value is -2.22. The van der Waals surface area contributed by atoms with Crippen molar-refractivity contribution in [3.8, 4) is 5.75 Å². The van der Waals surface area contributed by atoms with Crippen molar-refractivity contribution < 1.29 is 12.6 Å². The highest BCUT2D eigenvalue weighted by molar-refractivity contribution is 7.87. The Morgan fingerprint density at radius 2 is 2.14 bits per heavy atom. The number of aryl methyl sites for hydroxylation is 1. The summed E-state index contributed by atoms with van der Waals surface area (Å²) in [7, 11) is -3.64. The number of aromatic nitrogens is 4. The van der Waals surface area contributed by atoms with Gasteiger partial charge in [-0.05, 0) is 34.9 Å². The molecule has 0 N–H and O–H groups in total. The van der Waals surface area contributed by atoms with Crippen LogP contribution >= 0.6 is 0 Å². The molecular weight excluding hydrogens is 292 g/mol. The van der Waals surface area contributed by atoms with Crippen molar-refractivity contribution in [1.82, 2.24) is 20.2 Å². The second-order valence-electron chi connectivity index (χ2n) is 4.37. The Balaban J connectivity index is 1.95. The normalized spacial score (nSPS) is 11.2. The average molecular weight is 308 g/mol. The highest BCUT2D eigenvalue weighted by Crippen LogP contribution is 2.21. The van der Waals surface area contributed by atoms with Gasteiger partial charge >= 0.3 is 10.1 Å². The van der Waals surface area contributed by atoms with Crippen LogP contribution < -0.4 is 4.18 Å². The minimum absolute atomic E-state index is 0.102. The zero-order chi connectivity index (χ0) is 15.1. The maximum Gasteiger partial charge on any atom is 0.309 e. The van der Waals surface area contributed by atoms with Crippen molar-refractivity contribution >= 4 is 10.1 Å². The molecule has 0 aliphatic rings. The van der Waals surface area contributed by atoms with Crippen molar-refractivity contribution in [2.24, 2.45) is 0 Å². The third kappa shape index (κ3) is 4.67. The monoisotopic (exact) mass is 308 g/mol. The molecule has 7 nitrogen and oxygen atoms in total. The Labute approximate surface area is 123 Å². The molecule has 112 valence electrons. The molecule has 8 heteroatoms. The van der Waals surface area contributed by atoms with Gasteiger partial charge in [0.15, 0.2) is 0 Å². The first-order chi connectivity index (χ1) is 10.1. The minimum Gasteiger partial charge on any atom is -0.382 e. The number of para-hydroxylation sites is 1. The summed E-state index contributed by atoms with van der Waals surface area (Å²) in [6.07, 6.45) is 4.06. The predicted molar refractivity (Wildman–Crippen MR) is 77.2 cm³/mol. The van der Waals surface area contributed by atoms with Crippen LogP contribution in [0.2, 0.25) is 0 Å². The summed E-state index contributed by atoms with van der Waals surface area (Å²) in [5.74, 6) is 0.245. The molecule has 21 heavy (non-hydrogen) atoms. The Morgan fingerprint density at radius 3 is 2.86 bits per heavy atom. The number of hydrogen-bond donors (Lipinski definition) is 0. The Kier molecular flexibility index (Phi) is 5.04. The van der Waals surface area contributed by atoms with E-state index in [4.69, 9.17) is 4.18 Å². The lowest BCUT2D eigenvalue weighted by Gasteiger charge is -2.10. The molecule has 0 bridgehead atoms. The fraction of sp³-hybridized carbons (Fsp3) is 0.308. The summed E-state index contributed by atoms with van der Waals surface area (Å²) in [5.41, 5.74) is 0.788. The fourth-order valence-corrected chi connectivity index (χ4v) is 2.78. The molecule has 0 saturated heterocycles. The molecule has 1 aromatic carbocycles. The van der Waals surface area contributed by atoms with Crippen LogP contribution in [0, 0.1) is 0 Å². The Morgan fingerprint density at radius 1 is 1.33 bits per heavy atom. The van der Waals surface area contributed by atoms with Gasteiger partial charge in [-0.2, -0.15) is 8.42 Å². The van der Waals surface area contributed by atoms with E-state index in [1.807, 2.05) is 12.1 Å². The summed E-state index contributed by atoms with van der Waals surface area (Å²) in [4.78, 5) is 0. The van der Waals surface area contributed by atoms with Crippen LogP contribution in [0.1, 0.15) is 12.0 Å². The average Bonchev–Trinajstić information content (AvgIpc) is 2.94. The summed E-state index contributed by atoms with van der Waals surface area (Å²) in [6, 6.07) is 7.01. The van der Waals surface area contributed by atoms with Crippen LogP contribution in [-0.4, -0.2) is 34.4 Å². The van der Waals surface area contributed by atoms with E-state index in [1.54, 1.807) is 18.2 Å². The second-order valence-corrected chi connectivity index (χ2v) is 6.06. The molecule has 0 unspecified atom stereocenters. The van der Waals surface area contributed by atoms with Gasteiger partial charge in [0.1, 0.15) is 12.1 Å². The van der Waals surface area contributed by atoms with E-state index in [9.17, 15) is 8.42 Å². The van der Waals surface area contributed by atoms with Crippen molar-refractivity contribution in [3.05, 3.63) is 48.8 Å². The van der Waals surface area contributed by atoms with Crippen molar-refractivity contribution in [2.45, 2.75) is 19.4 Å². The van der Waals surface area contributed by atoms with Crippen molar-refractivity contribution in [2.75, 3.05) is 5.75 Å². The first kappa shape index (κ1) is 15.2. The molecule has 0 spiro atoms. The molecular formula is C13H16N4O3S. The summed E-state index contributed by atoms with van der Waals surface area (Å²) < 4.78 is 30.6. The third-order valence-corrected chi connectivity index (χ3v) is 3.95. The standard InChI is InChI=1S/C13H16N4O3S/c1-2-6-12-7-3-4-8-13(12)20-21(18,19)10-5-9-17-11-14-15-16-17/h2-4,7-8,11H,1,5-6,9-10H2. The number of allylic oxidation sites excluding steroid dienone is 1. The molecule has 2 rings (SSSR count). The van der Waals surface area contributed by atoms with Gasteiger partial charge in [-0.3, -0.25) is 0 Å². The molecule has 0 saturated carbocycles. The zero-order valence-electron chi connectivity index (χ0n) is 11.4. The lowest BCUT2D eigenvalue weighted by atomic mass is 10.1. The minimum atomic E-state index is -3.64. The smallest absolute Gasteiger partial charge is 0.309 e. The van der Waals surface area contributed by atoms with E-state index in [2.05, 4.69) is 22.1 Å². The number of nitrogens with zero attached hydrogens (tertiary/aromatic N) is 4. The molecule has 1 aromatic heterocycles. The highest BCUT2D eigenvalue weighted by Gasteiger charge is 2.14. The topological polar surface area (TPSA) is 87.0 Å². The van der Waals surface area contributed by atoms with Crippen molar-refractivity contribution in [3.63, 3.8) is 0 Å². The number of benzene rings is 1. The SMILES string of the molecule is C=CCc1ccccc1OS(=O)(=O)CCCn1cnnn1. The molecule has 0 radical (unpaired) electrons. The molecule has 2 aromatic rings. The van der Waals surface area contributed by atoms with Crippen LogP contribution in [0.15, 0.2) is 43.2 Å². The summed E-state index contributed by atoms with van der Waals surface area (Å²) in [6.45, 7) is 4.07. The molecule has 0 fully saturated rings. The highest BCUT2D eigenvalue weighted by atomic mass is 32.2. The van der Waals surface area contributed by atoms with E-state index in [0.717, 1.165) is 5.56 Å². The first-order valence-corrected chi connectivity index (χ1v) is 8.00. The third-order valence-electron chi connectivity index (χ3n) is 2.73. The van der Waals surface area contributed by atoms with Crippen LogP contribution in [0.4, 0.5) is 0 Å². The maximum atomic E-state index is 12.0. The number of hydrogen-bond acceptors (Lipinski definition) is 6. The van der Waals surface area contributed by atoms with E-state index in [1.165, 1.54) is 11.0 Å². The quantitative estimate of drug-likeness (QED) is 0.538. The van der Waals surface area contributed by atoms with Gasteiger partial charge in [-0.15, -0.1) is 11.7 Å². The van der Waals surface area contributed by atoms with Crippen LogP contribution in [0.5, 0.6) is 5.75 Å². The van der Waals surface area contributed by atoms with Crippen LogP contribution in [0.25, 0.3) is 0 Å². The van der Waals surface area contributed by atoms with Crippen LogP contribution in [-0.2, 0) is 23.1 Å². The van der Waals surface area contributed by atoms with Gasteiger partial charge in [0, 0.05) is 6.54 Å². The van der Waals surface area contributed by atoms with Crippen molar-refractivity contribution in [1.29, 1.82) is 0 Å². The summed E-state index contributed by atoms with van der Waals surface area (Å²) >= 11 is 0. The molecule has 0 amide bonds. The zero-order valence-corrected chi connectivity index (χ0v) is 12.2. The second kappa shape index (κ2) is 6.98. The molecule has 0 aliphatic heterocycles. The predicted octanol–water partition coefficient (Wildman–Crippen LogP) is 1.20. The largest absolute Gasteiger partial charge is 0.382 e. The number of tetrazole rings is 1. The van der Waals surface area contributed by atoms with Gasteiger partial charge in [0.25, 0.3) is 0 Å². The fourth-order valence-electron chi connectivity index (χ4n) is 1.77. The van der Waals surface area contributed by atoms with E-state index >= 15 is 0 Å². The van der Waals surface area contributed by atoms with E-state index in [0.29, 0.717) is 25.1 Å². The van der Waals surface area contributed by atoms with Gasteiger partial charge in [-0.1, -0.05) is 24.3 Å². The molecule has 1 heterocycles. The maximum absolute atomic E-state index is 12.0. The number of rotatable bonds is 8. The van der Waals surface area contributed by atoms with Gasteiger partial charge < -0.3 is 4.18 Å². The van der Waals surface area contributed by atoms with Gasteiger partial charge in [-0.25, -0.2) is 4.68 Å². The lowest BCUT2D eigenvalue weighted by molar-refractivity contribution is 0.476. The van der Waals surface area contributed by atoms with E-state index < -0.39 is 10.1 Å². The van der Waals surface area contributed by atoms with Crippen LogP contribution in [0.3, 0.4) is 0 Å². The Bertz CT molecular complexity index is 683. The van der Waals surface area contributed by atoms with Gasteiger partial charge in [0.2, 0.25) is 0 Å². The molecule has 0 atom stereocenters. The first-order valence-electron chi connectivity index (χ1n) is 6.42.